The van der Waals surface area contributed by atoms with E-state index >= 15 is 0 Å². The van der Waals surface area contributed by atoms with Crippen LogP contribution in [0.15, 0.2) is 72.8 Å². The van der Waals surface area contributed by atoms with E-state index in [9.17, 15) is 4.79 Å². The standard InChI is InChI=1S/C20H16INO/c1-14-7-8-17(13-19(14)21)20(23)22-18-11-9-16(10-12-18)15-5-3-2-4-6-15/h2-13H,1H3,(H,22,23). The summed E-state index contributed by atoms with van der Waals surface area (Å²) in [5, 5.41) is 2.94. The summed E-state index contributed by atoms with van der Waals surface area (Å²) in [6.45, 7) is 2.03. The van der Waals surface area contributed by atoms with Gasteiger partial charge in [0.2, 0.25) is 0 Å². The van der Waals surface area contributed by atoms with Crippen molar-refractivity contribution in [1.29, 1.82) is 0 Å². The number of hydrogen-bond donors (Lipinski definition) is 1. The lowest BCUT2D eigenvalue weighted by Crippen LogP contribution is -2.12. The molecule has 0 aliphatic rings. The third kappa shape index (κ3) is 3.79. The Bertz CT molecular complexity index is 826. The van der Waals surface area contributed by atoms with Gasteiger partial charge in [0.05, 0.1) is 0 Å². The quantitative estimate of drug-likeness (QED) is 0.563. The van der Waals surface area contributed by atoms with E-state index in [1.54, 1.807) is 0 Å². The smallest absolute Gasteiger partial charge is 0.255 e. The molecule has 3 aromatic carbocycles. The second kappa shape index (κ2) is 6.96. The molecule has 1 N–H and O–H groups in total. The Morgan fingerprint density at radius 3 is 2.17 bits per heavy atom. The molecule has 3 aromatic rings. The molecule has 0 radical (unpaired) electrons. The van der Waals surface area contributed by atoms with Crippen LogP contribution in [0, 0.1) is 10.5 Å². The van der Waals surface area contributed by atoms with Crippen LogP contribution in [-0.2, 0) is 0 Å². The number of amides is 1. The highest BCUT2D eigenvalue weighted by Gasteiger charge is 2.07. The normalized spacial score (nSPS) is 10.3. The van der Waals surface area contributed by atoms with Crippen LogP contribution in [0.1, 0.15) is 15.9 Å². The number of anilines is 1. The summed E-state index contributed by atoms with van der Waals surface area (Å²) in [5.41, 5.74) is 4.94. The average molecular weight is 413 g/mol. The molecule has 0 saturated carbocycles. The fourth-order valence-corrected chi connectivity index (χ4v) is 2.83. The topological polar surface area (TPSA) is 29.1 Å². The van der Waals surface area contributed by atoms with Gasteiger partial charge in [-0.25, -0.2) is 0 Å². The van der Waals surface area contributed by atoms with Crippen LogP contribution in [0.3, 0.4) is 0 Å². The van der Waals surface area contributed by atoms with Crippen molar-refractivity contribution >= 4 is 34.2 Å². The van der Waals surface area contributed by atoms with Crippen molar-refractivity contribution in [2.24, 2.45) is 0 Å². The molecule has 0 aromatic heterocycles. The first kappa shape index (κ1) is 15.7. The molecule has 0 unspecified atom stereocenters. The van der Waals surface area contributed by atoms with Gasteiger partial charge >= 0.3 is 0 Å². The Morgan fingerprint density at radius 2 is 1.52 bits per heavy atom. The lowest BCUT2D eigenvalue weighted by atomic mass is 10.1. The number of aryl methyl sites for hydroxylation is 1. The highest BCUT2D eigenvalue weighted by Crippen LogP contribution is 2.21. The van der Waals surface area contributed by atoms with Gasteiger partial charge in [-0.3, -0.25) is 4.79 Å². The van der Waals surface area contributed by atoms with E-state index in [0.29, 0.717) is 5.56 Å². The van der Waals surface area contributed by atoms with Gasteiger partial charge in [-0.15, -0.1) is 0 Å². The molecule has 114 valence electrons. The van der Waals surface area contributed by atoms with Gasteiger partial charge in [0.1, 0.15) is 0 Å². The SMILES string of the molecule is Cc1ccc(C(=O)Nc2ccc(-c3ccccc3)cc2)cc1I. The van der Waals surface area contributed by atoms with Gasteiger partial charge in [0, 0.05) is 14.8 Å². The third-order valence-electron chi connectivity index (χ3n) is 3.68. The van der Waals surface area contributed by atoms with E-state index in [1.165, 1.54) is 11.1 Å². The number of rotatable bonds is 3. The van der Waals surface area contributed by atoms with E-state index in [0.717, 1.165) is 14.8 Å². The largest absolute Gasteiger partial charge is 0.322 e. The molecule has 3 rings (SSSR count). The molecule has 0 heterocycles. The molecule has 0 saturated heterocycles. The average Bonchev–Trinajstić information content (AvgIpc) is 2.59. The Labute approximate surface area is 149 Å². The number of nitrogens with one attached hydrogen (secondary N) is 1. The molecular formula is C20H16INO. The van der Waals surface area contributed by atoms with Crippen LogP contribution < -0.4 is 5.32 Å². The van der Waals surface area contributed by atoms with Gasteiger partial charge in [-0.2, -0.15) is 0 Å². The molecule has 0 aliphatic carbocycles. The first-order valence-electron chi connectivity index (χ1n) is 7.36. The van der Waals surface area contributed by atoms with E-state index in [-0.39, 0.29) is 5.91 Å². The van der Waals surface area contributed by atoms with Crippen molar-refractivity contribution in [1.82, 2.24) is 0 Å². The maximum Gasteiger partial charge on any atom is 0.255 e. The predicted molar refractivity (Wildman–Crippen MR) is 104 cm³/mol. The Balaban J connectivity index is 1.75. The Hall–Kier alpha value is -2.14. The van der Waals surface area contributed by atoms with Crippen LogP contribution in [0.4, 0.5) is 5.69 Å². The zero-order valence-electron chi connectivity index (χ0n) is 12.7. The minimum atomic E-state index is -0.0876. The number of benzene rings is 3. The maximum atomic E-state index is 12.3. The third-order valence-corrected chi connectivity index (χ3v) is 4.85. The van der Waals surface area contributed by atoms with Crippen LogP contribution in [0.5, 0.6) is 0 Å². The molecule has 0 spiro atoms. The van der Waals surface area contributed by atoms with Gasteiger partial charge in [0.25, 0.3) is 5.91 Å². The fraction of sp³-hybridized carbons (Fsp3) is 0.0500. The van der Waals surface area contributed by atoms with Crippen molar-refractivity contribution in [2.45, 2.75) is 6.92 Å². The van der Waals surface area contributed by atoms with Gasteiger partial charge in [-0.05, 0) is 70.5 Å². The monoisotopic (exact) mass is 413 g/mol. The first-order chi connectivity index (χ1) is 11.1. The molecule has 23 heavy (non-hydrogen) atoms. The molecule has 0 atom stereocenters. The molecule has 1 amide bonds. The minimum Gasteiger partial charge on any atom is -0.322 e. The van der Waals surface area contributed by atoms with Crippen LogP contribution in [-0.4, -0.2) is 5.91 Å². The zero-order chi connectivity index (χ0) is 16.2. The molecular weight excluding hydrogens is 397 g/mol. The number of hydrogen-bond acceptors (Lipinski definition) is 1. The van der Waals surface area contributed by atoms with E-state index in [2.05, 4.69) is 40.0 Å². The highest BCUT2D eigenvalue weighted by molar-refractivity contribution is 14.1. The summed E-state index contributed by atoms with van der Waals surface area (Å²) < 4.78 is 1.09. The summed E-state index contributed by atoms with van der Waals surface area (Å²) in [5.74, 6) is -0.0876. The maximum absolute atomic E-state index is 12.3. The Morgan fingerprint density at radius 1 is 0.870 bits per heavy atom. The Kier molecular flexibility index (Phi) is 4.76. The van der Waals surface area contributed by atoms with Crippen molar-refractivity contribution < 1.29 is 4.79 Å². The van der Waals surface area contributed by atoms with Crippen LogP contribution in [0.25, 0.3) is 11.1 Å². The molecule has 0 fully saturated rings. The second-order valence-corrected chi connectivity index (χ2v) is 6.52. The molecule has 0 bridgehead atoms. The van der Waals surface area contributed by atoms with Gasteiger partial charge in [0.15, 0.2) is 0 Å². The van der Waals surface area contributed by atoms with E-state index in [4.69, 9.17) is 0 Å². The van der Waals surface area contributed by atoms with E-state index < -0.39 is 0 Å². The molecule has 3 heteroatoms. The summed E-state index contributed by atoms with van der Waals surface area (Å²) in [7, 11) is 0. The summed E-state index contributed by atoms with van der Waals surface area (Å²) in [4.78, 5) is 12.3. The summed E-state index contributed by atoms with van der Waals surface area (Å²) in [6.07, 6.45) is 0. The minimum absolute atomic E-state index is 0.0876. The van der Waals surface area contributed by atoms with E-state index in [1.807, 2.05) is 67.6 Å². The lowest BCUT2D eigenvalue weighted by molar-refractivity contribution is 0.102. The van der Waals surface area contributed by atoms with Crippen LogP contribution >= 0.6 is 22.6 Å². The molecule has 2 nitrogen and oxygen atoms in total. The number of carbonyl (C=O) groups excluding carboxylic acids is 1. The van der Waals surface area contributed by atoms with Crippen molar-refractivity contribution in [3.05, 3.63) is 87.5 Å². The van der Waals surface area contributed by atoms with Gasteiger partial charge < -0.3 is 5.32 Å². The predicted octanol–water partition coefficient (Wildman–Crippen LogP) is 5.52. The van der Waals surface area contributed by atoms with Crippen molar-refractivity contribution in [3.8, 4) is 11.1 Å². The summed E-state index contributed by atoms with van der Waals surface area (Å²) in [6, 6.07) is 23.8. The lowest BCUT2D eigenvalue weighted by Gasteiger charge is -2.08. The zero-order valence-corrected chi connectivity index (χ0v) is 14.9. The number of carbonyl (C=O) groups is 1. The van der Waals surface area contributed by atoms with Crippen LogP contribution in [0.2, 0.25) is 0 Å². The fourth-order valence-electron chi connectivity index (χ4n) is 2.31. The second-order valence-electron chi connectivity index (χ2n) is 5.36. The highest BCUT2D eigenvalue weighted by atomic mass is 127. The van der Waals surface area contributed by atoms with Crippen molar-refractivity contribution in [2.75, 3.05) is 5.32 Å². The summed E-state index contributed by atoms with van der Waals surface area (Å²) >= 11 is 2.25. The number of halogens is 1. The van der Waals surface area contributed by atoms with Gasteiger partial charge in [-0.1, -0.05) is 48.5 Å². The molecule has 0 aliphatic heterocycles. The first-order valence-corrected chi connectivity index (χ1v) is 8.44. The van der Waals surface area contributed by atoms with Crippen molar-refractivity contribution in [3.63, 3.8) is 0 Å².